The summed E-state index contributed by atoms with van der Waals surface area (Å²) in [6.07, 6.45) is 0. The molecule has 14 heavy (non-hydrogen) atoms. The Labute approximate surface area is 102 Å². The van der Waals surface area contributed by atoms with E-state index in [1.807, 2.05) is 0 Å². The molecule has 7 nitrogen and oxygen atoms in total. The molecule has 0 aliphatic heterocycles. The van der Waals surface area contributed by atoms with E-state index in [1.54, 1.807) is 0 Å². The predicted octanol–water partition coefficient (Wildman–Crippen LogP) is -7.12. The Hall–Kier alpha value is -0.630. The zero-order valence-electron chi connectivity index (χ0n) is 7.56. The smallest absolute Gasteiger partial charge is 0.549 e. The predicted molar refractivity (Wildman–Crippen MR) is 34.1 cm³/mol. The zero-order chi connectivity index (χ0) is 10.4. The summed E-state index contributed by atoms with van der Waals surface area (Å²) in [5.74, 6) is -4.40. The van der Waals surface area contributed by atoms with Gasteiger partial charge < -0.3 is 24.9 Å². The van der Waals surface area contributed by atoms with Gasteiger partial charge in [-0.2, -0.15) is 0 Å². The van der Waals surface area contributed by atoms with Gasteiger partial charge in [-0.1, -0.05) is 0 Å². The van der Waals surface area contributed by atoms with Crippen molar-refractivity contribution in [3.8, 4) is 0 Å². The van der Waals surface area contributed by atoms with Crippen LogP contribution < -0.4 is 39.8 Å². The van der Waals surface area contributed by atoms with E-state index in [2.05, 4.69) is 0 Å². The second-order valence-corrected chi connectivity index (χ2v) is 2.28. The van der Waals surface area contributed by atoms with Crippen LogP contribution >= 0.6 is 0 Å². The number of hydrogen-bond acceptors (Lipinski definition) is 6. The molecular weight excluding hydrogens is 205 g/mol. The van der Waals surface area contributed by atoms with Crippen LogP contribution in [-0.2, 0) is 14.4 Å². The topological polar surface area (TPSA) is 121 Å². The van der Waals surface area contributed by atoms with Gasteiger partial charge in [0.05, 0.1) is 18.5 Å². The summed E-state index contributed by atoms with van der Waals surface area (Å²) in [5.41, 5.74) is 0. The van der Waals surface area contributed by atoms with Crippen molar-refractivity contribution >= 4 is 17.9 Å². The molecule has 74 valence electrons. The first-order valence-electron chi connectivity index (χ1n) is 3.25. The monoisotopic (exact) mass is 212 g/mol. The molecule has 0 saturated carbocycles. The van der Waals surface area contributed by atoms with Crippen LogP contribution in [0.4, 0.5) is 0 Å². The van der Waals surface area contributed by atoms with Gasteiger partial charge in [-0.15, -0.1) is 0 Å². The van der Waals surface area contributed by atoms with E-state index in [1.165, 1.54) is 0 Å². The summed E-state index contributed by atoms with van der Waals surface area (Å²) >= 11 is 0. The van der Waals surface area contributed by atoms with Gasteiger partial charge in [0.1, 0.15) is 0 Å². The number of carbonyl (C=O) groups excluding carboxylic acids is 2. The molecule has 0 heterocycles. The fourth-order valence-corrected chi connectivity index (χ4v) is 0.724. The molecule has 0 unspecified atom stereocenters. The second kappa shape index (κ2) is 7.74. The second-order valence-electron chi connectivity index (χ2n) is 2.28. The fraction of sp³-hybridized carbons (Fsp3) is 0.500. The van der Waals surface area contributed by atoms with Crippen molar-refractivity contribution in [1.82, 2.24) is 4.90 Å². The number of carboxylic acids is 3. The van der Waals surface area contributed by atoms with Crippen LogP contribution in [0.3, 0.4) is 0 Å². The number of rotatable bonds is 6. The first kappa shape index (κ1) is 15.8. The Morgan fingerprint density at radius 1 is 1.00 bits per heavy atom. The summed E-state index contributed by atoms with van der Waals surface area (Å²) in [6, 6.07) is 0. The van der Waals surface area contributed by atoms with Crippen LogP contribution in [0.25, 0.3) is 0 Å². The van der Waals surface area contributed by atoms with Crippen molar-refractivity contribution in [2.75, 3.05) is 19.6 Å². The Kier molecular flexibility index (Phi) is 8.75. The van der Waals surface area contributed by atoms with Gasteiger partial charge in [0.25, 0.3) is 0 Å². The Morgan fingerprint density at radius 3 is 1.57 bits per heavy atom. The maximum atomic E-state index is 10.1. The molecular formula is C6H7NNaO6-. The Balaban J connectivity index is 0. The molecule has 0 aliphatic rings. The van der Waals surface area contributed by atoms with Gasteiger partial charge in [-0.25, -0.2) is 0 Å². The molecule has 0 aromatic heterocycles. The van der Waals surface area contributed by atoms with E-state index in [0.717, 1.165) is 0 Å². The Bertz CT molecular complexity index is 192. The number of carboxylic acid groups (broad SMARTS) is 3. The largest absolute Gasteiger partial charge is 1.00 e. The average Bonchev–Trinajstić information content (AvgIpc) is 1.80. The van der Waals surface area contributed by atoms with Gasteiger partial charge in [0, 0.05) is 13.1 Å². The van der Waals surface area contributed by atoms with Crippen molar-refractivity contribution in [3.63, 3.8) is 0 Å². The molecule has 0 fully saturated rings. The first-order chi connectivity index (χ1) is 5.91. The van der Waals surface area contributed by atoms with Crippen LogP contribution in [0.2, 0.25) is 0 Å². The standard InChI is InChI=1S/C6H9NO6.Na/c8-4(9)1-7(2-5(10)11)3-6(12)13;/h1-3H2,(H,8,9)(H,10,11)(H,12,13);/q;+1/p-2. The average molecular weight is 212 g/mol. The fourth-order valence-electron chi connectivity index (χ4n) is 0.724. The third-order valence-electron chi connectivity index (χ3n) is 1.06. The minimum atomic E-state index is -1.54. The van der Waals surface area contributed by atoms with E-state index in [4.69, 9.17) is 5.11 Å². The maximum absolute atomic E-state index is 10.1. The quantitative estimate of drug-likeness (QED) is 0.434. The van der Waals surface area contributed by atoms with Crippen LogP contribution in [-0.4, -0.2) is 47.5 Å². The summed E-state index contributed by atoms with van der Waals surface area (Å²) in [6.45, 7) is -2.18. The molecule has 0 amide bonds. The molecule has 8 heteroatoms. The molecule has 0 aromatic rings. The molecule has 0 rings (SSSR count). The molecule has 0 atom stereocenters. The molecule has 0 spiro atoms. The number of carbonyl (C=O) groups is 3. The van der Waals surface area contributed by atoms with E-state index >= 15 is 0 Å². The summed E-state index contributed by atoms with van der Waals surface area (Å²) in [4.78, 5) is 30.8. The van der Waals surface area contributed by atoms with Gasteiger partial charge in [0.15, 0.2) is 0 Å². The number of nitrogens with zero attached hydrogens (tertiary/aromatic N) is 1. The maximum Gasteiger partial charge on any atom is 1.00 e. The van der Waals surface area contributed by atoms with Crippen LogP contribution in [0.15, 0.2) is 0 Å². The van der Waals surface area contributed by atoms with Crippen LogP contribution in [0.1, 0.15) is 0 Å². The van der Waals surface area contributed by atoms with E-state index in [9.17, 15) is 24.6 Å². The van der Waals surface area contributed by atoms with Gasteiger partial charge >= 0.3 is 35.5 Å². The van der Waals surface area contributed by atoms with Crippen molar-refractivity contribution in [3.05, 3.63) is 0 Å². The third kappa shape index (κ3) is 9.46. The Morgan fingerprint density at radius 2 is 1.36 bits per heavy atom. The van der Waals surface area contributed by atoms with Crippen LogP contribution in [0, 0.1) is 0 Å². The van der Waals surface area contributed by atoms with E-state index < -0.39 is 37.5 Å². The van der Waals surface area contributed by atoms with Crippen molar-refractivity contribution in [2.24, 2.45) is 0 Å². The van der Waals surface area contributed by atoms with Gasteiger partial charge in [0.2, 0.25) is 0 Å². The summed E-state index contributed by atoms with van der Waals surface area (Å²) in [5, 5.41) is 28.3. The van der Waals surface area contributed by atoms with Crippen molar-refractivity contribution < 1.29 is 59.3 Å². The molecule has 0 radical (unpaired) electrons. The van der Waals surface area contributed by atoms with Crippen molar-refractivity contribution in [1.29, 1.82) is 0 Å². The number of aliphatic carboxylic acids is 3. The molecule has 0 aromatic carbocycles. The summed E-state index contributed by atoms with van der Waals surface area (Å²) in [7, 11) is 0. The molecule has 0 saturated heterocycles. The SMILES string of the molecule is O=C([O-])CN(CC(=O)[O-])CC(=O)O.[Na+]. The minimum Gasteiger partial charge on any atom is -0.549 e. The van der Waals surface area contributed by atoms with Crippen molar-refractivity contribution in [2.45, 2.75) is 0 Å². The number of hydrogen-bond donors (Lipinski definition) is 1. The molecule has 0 bridgehead atoms. The van der Waals surface area contributed by atoms with Gasteiger partial charge in [-0.05, 0) is 0 Å². The van der Waals surface area contributed by atoms with Gasteiger partial charge in [-0.3, -0.25) is 9.69 Å². The molecule has 1 N–H and O–H groups in total. The first-order valence-corrected chi connectivity index (χ1v) is 3.25. The van der Waals surface area contributed by atoms with Crippen LogP contribution in [0.5, 0.6) is 0 Å². The summed E-state index contributed by atoms with van der Waals surface area (Å²) < 4.78 is 0. The zero-order valence-corrected chi connectivity index (χ0v) is 9.56. The van der Waals surface area contributed by atoms with E-state index in [0.29, 0.717) is 4.90 Å². The molecule has 0 aliphatic carbocycles. The third-order valence-corrected chi connectivity index (χ3v) is 1.06. The normalized spacial score (nSPS) is 9.21. The van der Waals surface area contributed by atoms with E-state index in [-0.39, 0.29) is 29.6 Å². The minimum absolute atomic E-state index is 0.